The minimum atomic E-state index is 0.0142. The maximum absolute atomic E-state index is 12.1. The molecule has 0 radical (unpaired) electrons. The molecule has 1 amide bonds. The van der Waals surface area contributed by atoms with Crippen molar-refractivity contribution < 1.29 is 4.79 Å². The van der Waals surface area contributed by atoms with Gasteiger partial charge in [0.2, 0.25) is 5.91 Å². The lowest BCUT2D eigenvalue weighted by molar-refractivity contribution is -0.117. The molecular formula is C19H24N2O. The zero-order valence-corrected chi connectivity index (χ0v) is 13.6. The highest BCUT2D eigenvalue weighted by atomic mass is 16.2. The van der Waals surface area contributed by atoms with Gasteiger partial charge in [-0.3, -0.25) is 9.69 Å². The average Bonchev–Trinajstić information content (AvgIpc) is 2.50. The van der Waals surface area contributed by atoms with E-state index < -0.39 is 0 Å². The van der Waals surface area contributed by atoms with Crippen LogP contribution in [0.5, 0.6) is 0 Å². The molecule has 116 valence electrons. The summed E-state index contributed by atoms with van der Waals surface area (Å²) < 4.78 is 0. The van der Waals surface area contributed by atoms with Crippen LogP contribution in [0.4, 0.5) is 5.69 Å². The minimum absolute atomic E-state index is 0.0142. The van der Waals surface area contributed by atoms with Crippen molar-refractivity contribution in [2.75, 3.05) is 18.9 Å². The molecular weight excluding hydrogens is 272 g/mol. The third-order valence-electron chi connectivity index (χ3n) is 3.76. The number of carbonyl (C=O) groups excluding carboxylic acids is 1. The number of hydrogen-bond acceptors (Lipinski definition) is 2. The summed E-state index contributed by atoms with van der Waals surface area (Å²) in [5.41, 5.74) is 4.64. The van der Waals surface area contributed by atoms with Crippen molar-refractivity contribution in [3.63, 3.8) is 0 Å². The Morgan fingerprint density at radius 1 is 1.09 bits per heavy atom. The molecule has 1 N–H and O–H groups in total. The predicted octanol–water partition coefficient (Wildman–Crippen LogP) is 3.63. The van der Waals surface area contributed by atoms with Crippen LogP contribution in [-0.4, -0.2) is 24.4 Å². The molecule has 2 aromatic rings. The topological polar surface area (TPSA) is 32.3 Å². The van der Waals surface area contributed by atoms with Crippen molar-refractivity contribution in [1.29, 1.82) is 0 Å². The second kappa shape index (κ2) is 7.76. The van der Waals surface area contributed by atoms with Crippen LogP contribution in [0.15, 0.2) is 48.5 Å². The number of carbonyl (C=O) groups is 1. The molecule has 3 heteroatoms. The molecule has 0 saturated heterocycles. The Hall–Kier alpha value is -2.13. The first-order valence-corrected chi connectivity index (χ1v) is 7.70. The molecule has 0 aromatic heterocycles. The first-order valence-electron chi connectivity index (χ1n) is 7.70. The number of anilines is 1. The van der Waals surface area contributed by atoms with E-state index in [9.17, 15) is 4.79 Å². The van der Waals surface area contributed by atoms with E-state index >= 15 is 0 Å². The van der Waals surface area contributed by atoms with Gasteiger partial charge < -0.3 is 5.32 Å². The molecule has 0 heterocycles. The summed E-state index contributed by atoms with van der Waals surface area (Å²) in [5.74, 6) is 0.0142. The molecule has 22 heavy (non-hydrogen) atoms. The summed E-state index contributed by atoms with van der Waals surface area (Å²) in [5, 5.41) is 2.94. The van der Waals surface area contributed by atoms with Crippen molar-refractivity contribution in [3.8, 4) is 0 Å². The Labute approximate surface area is 133 Å². The van der Waals surface area contributed by atoms with Gasteiger partial charge in [-0.05, 0) is 49.2 Å². The van der Waals surface area contributed by atoms with Gasteiger partial charge in [0.25, 0.3) is 0 Å². The normalized spacial score (nSPS) is 10.7. The summed E-state index contributed by atoms with van der Waals surface area (Å²) in [6, 6.07) is 16.3. The number of nitrogens with zero attached hydrogens (tertiary/aromatic N) is 1. The van der Waals surface area contributed by atoms with Crippen LogP contribution >= 0.6 is 0 Å². The summed E-state index contributed by atoms with van der Waals surface area (Å²) in [4.78, 5) is 14.1. The van der Waals surface area contributed by atoms with Gasteiger partial charge in [0.05, 0.1) is 6.54 Å². The smallest absolute Gasteiger partial charge is 0.238 e. The lowest BCUT2D eigenvalue weighted by Crippen LogP contribution is -2.30. The summed E-state index contributed by atoms with van der Waals surface area (Å²) in [6.45, 7) is 5.37. The SMILES string of the molecule is CCc1ccc(NC(=O)CN(C)Cc2ccccc2C)cc1. The number of nitrogens with one attached hydrogen (secondary N) is 1. The standard InChI is InChI=1S/C19H24N2O/c1-4-16-9-11-18(12-10-16)20-19(22)14-21(3)13-17-8-6-5-7-15(17)2/h5-12H,4,13-14H2,1-3H3,(H,20,22). The molecule has 2 aromatic carbocycles. The molecule has 0 fully saturated rings. The zero-order valence-electron chi connectivity index (χ0n) is 13.6. The van der Waals surface area contributed by atoms with Gasteiger partial charge in [0, 0.05) is 12.2 Å². The second-order valence-electron chi connectivity index (χ2n) is 5.70. The van der Waals surface area contributed by atoms with E-state index in [1.807, 2.05) is 48.3 Å². The maximum Gasteiger partial charge on any atom is 0.238 e. The number of aryl methyl sites for hydroxylation is 2. The number of hydrogen-bond donors (Lipinski definition) is 1. The number of likely N-dealkylation sites (N-methyl/N-ethyl adjacent to an activating group) is 1. The molecule has 2 rings (SSSR count). The third-order valence-corrected chi connectivity index (χ3v) is 3.76. The van der Waals surface area contributed by atoms with Gasteiger partial charge in [-0.2, -0.15) is 0 Å². The highest BCUT2D eigenvalue weighted by molar-refractivity contribution is 5.92. The second-order valence-corrected chi connectivity index (χ2v) is 5.70. The van der Waals surface area contributed by atoms with Crippen molar-refractivity contribution >= 4 is 11.6 Å². The maximum atomic E-state index is 12.1. The highest BCUT2D eigenvalue weighted by Crippen LogP contribution is 2.11. The average molecular weight is 296 g/mol. The Morgan fingerprint density at radius 3 is 2.41 bits per heavy atom. The molecule has 0 aliphatic carbocycles. The van der Waals surface area contributed by atoms with Gasteiger partial charge in [-0.15, -0.1) is 0 Å². The molecule has 0 saturated carbocycles. The van der Waals surface area contributed by atoms with Crippen molar-refractivity contribution in [2.45, 2.75) is 26.8 Å². The Morgan fingerprint density at radius 2 is 1.77 bits per heavy atom. The van der Waals surface area contributed by atoms with E-state index in [4.69, 9.17) is 0 Å². The molecule has 3 nitrogen and oxygen atoms in total. The number of amides is 1. The first kappa shape index (κ1) is 16.2. The molecule has 0 aliphatic heterocycles. The van der Waals surface area contributed by atoms with Gasteiger partial charge in [-0.25, -0.2) is 0 Å². The van der Waals surface area contributed by atoms with E-state index in [0.29, 0.717) is 6.54 Å². The van der Waals surface area contributed by atoms with Gasteiger partial charge >= 0.3 is 0 Å². The van der Waals surface area contributed by atoms with Gasteiger partial charge in [0.15, 0.2) is 0 Å². The van der Waals surface area contributed by atoms with Crippen molar-refractivity contribution in [1.82, 2.24) is 4.90 Å². The zero-order chi connectivity index (χ0) is 15.9. The molecule has 0 aliphatic rings. The van der Waals surface area contributed by atoms with E-state index in [0.717, 1.165) is 18.7 Å². The van der Waals surface area contributed by atoms with Crippen LogP contribution in [0.25, 0.3) is 0 Å². The van der Waals surface area contributed by atoms with Crippen LogP contribution in [0, 0.1) is 6.92 Å². The molecule has 0 unspecified atom stereocenters. The Balaban J connectivity index is 1.87. The highest BCUT2D eigenvalue weighted by Gasteiger charge is 2.08. The van der Waals surface area contributed by atoms with Gasteiger partial charge in [0.1, 0.15) is 0 Å². The van der Waals surface area contributed by atoms with E-state index in [1.165, 1.54) is 16.7 Å². The molecule has 0 bridgehead atoms. The fourth-order valence-electron chi connectivity index (χ4n) is 2.40. The summed E-state index contributed by atoms with van der Waals surface area (Å²) >= 11 is 0. The van der Waals surface area contributed by atoms with Crippen molar-refractivity contribution in [3.05, 3.63) is 65.2 Å². The Bertz CT molecular complexity index is 620. The summed E-state index contributed by atoms with van der Waals surface area (Å²) in [6.07, 6.45) is 1.01. The fourth-order valence-corrected chi connectivity index (χ4v) is 2.40. The monoisotopic (exact) mass is 296 g/mol. The largest absolute Gasteiger partial charge is 0.325 e. The molecule has 0 atom stereocenters. The van der Waals surface area contributed by atoms with Gasteiger partial charge in [-0.1, -0.05) is 43.3 Å². The quantitative estimate of drug-likeness (QED) is 0.883. The van der Waals surface area contributed by atoms with Crippen LogP contribution in [0.3, 0.4) is 0 Å². The third kappa shape index (κ3) is 4.71. The lowest BCUT2D eigenvalue weighted by atomic mass is 10.1. The summed E-state index contributed by atoms with van der Waals surface area (Å²) in [7, 11) is 1.96. The minimum Gasteiger partial charge on any atom is -0.325 e. The van der Waals surface area contributed by atoms with Crippen LogP contribution in [-0.2, 0) is 17.8 Å². The lowest BCUT2D eigenvalue weighted by Gasteiger charge is -2.17. The van der Waals surface area contributed by atoms with Crippen LogP contribution in [0.1, 0.15) is 23.6 Å². The molecule has 0 spiro atoms. The van der Waals surface area contributed by atoms with Crippen LogP contribution < -0.4 is 5.32 Å². The Kier molecular flexibility index (Phi) is 5.73. The van der Waals surface area contributed by atoms with Crippen molar-refractivity contribution in [2.24, 2.45) is 0 Å². The fraction of sp³-hybridized carbons (Fsp3) is 0.316. The van der Waals surface area contributed by atoms with E-state index in [1.54, 1.807) is 0 Å². The van der Waals surface area contributed by atoms with E-state index in [2.05, 4.69) is 31.3 Å². The number of benzene rings is 2. The predicted molar refractivity (Wildman–Crippen MR) is 92.0 cm³/mol. The van der Waals surface area contributed by atoms with Crippen LogP contribution in [0.2, 0.25) is 0 Å². The number of rotatable bonds is 6. The van der Waals surface area contributed by atoms with E-state index in [-0.39, 0.29) is 5.91 Å². The first-order chi connectivity index (χ1) is 10.6.